The van der Waals surface area contributed by atoms with Crippen molar-refractivity contribution in [1.29, 1.82) is 0 Å². The number of carbonyl (C=O) groups excluding carboxylic acids is 4. The molecule has 3 N–H and O–H groups in total. The molecule has 0 rings (SSSR count). The summed E-state index contributed by atoms with van der Waals surface area (Å²) < 4.78 is 68.1. The summed E-state index contributed by atoms with van der Waals surface area (Å²) in [6.07, 6.45) is 46.6. The lowest BCUT2D eigenvalue weighted by Gasteiger charge is -2.21. The molecule has 0 aromatic heterocycles. The first kappa shape index (κ1) is 84.5. The Labute approximate surface area is 529 Å². The zero-order valence-electron chi connectivity index (χ0n) is 55.8. The van der Waals surface area contributed by atoms with Gasteiger partial charge in [0.15, 0.2) is 12.2 Å². The summed E-state index contributed by atoms with van der Waals surface area (Å²) in [5.74, 6) is -0.653. The standard InChI is InChI=1S/C68H128O17P2/c1-7-10-12-14-16-18-19-20-21-22-23-26-34-40-46-52-67(72)84-64(57-79-66(71)51-45-39-33-27-24-25-30-36-42-48-60(4)5)59-83-87(76,77)81-55-62(69)54-80-86(74,75)82-58-63(56-78-65(70)50-44-38-32-17-15-13-11-8-2)85-68(73)53-47-41-35-29-28-31-37-43-49-61(6)9-3/h18-21,60-64,69H,7-17,22-59H2,1-6H3,(H,74,75)(H,76,77)/b19-18-,21-20-/t61?,62-,63+,64+/m0/s1. The molecule has 0 spiro atoms. The van der Waals surface area contributed by atoms with Gasteiger partial charge in [-0.05, 0) is 63.2 Å². The Morgan fingerprint density at radius 3 is 1.03 bits per heavy atom. The average molecular weight is 1280 g/mol. The summed E-state index contributed by atoms with van der Waals surface area (Å²) in [7, 11) is -9.91. The fraction of sp³-hybridized carbons (Fsp3) is 0.882. The number of phosphoric acid groups is 2. The molecule has 0 aliphatic carbocycles. The van der Waals surface area contributed by atoms with Crippen molar-refractivity contribution >= 4 is 39.5 Å². The molecule has 6 atom stereocenters. The lowest BCUT2D eigenvalue weighted by molar-refractivity contribution is -0.161. The van der Waals surface area contributed by atoms with Crippen LogP contribution in [-0.2, 0) is 65.4 Å². The average Bonchev–Trinajstić information content (AvgIpc) is 3.57. The van der Waals surface area contributed by atoms with Gasteiger partial charge in [0.25, 0.3) is 0 Å². The number of aliphatic hydroxyl groups is 1. The van der Waals surface area contributed by atoms with Crippen molar-refractivity contribution in [3.05, 3.63) is 24.3 Å². The topological polar surface area (TPSA) is 237 Å². The number of rotatable bonds is 65. The minimum atomic E-state index is -4.96. The Kier molecular flexibility index (Phi) is 58.1. The summed E-state index contributed by atoms with van der Waals surface area (Å²) in [6, 6.07) is 0. The third-order valence-electron chi connectivity index (χ3n) is 15.4. The van der Waals surface area contributed by atoms with E-state index in [9.17, 15) is 43.2 Å². The molecule has 0 aliphatic heterocycles. The molecule has 0 aromatic rings. The first-order chi connectivity index (χ1) is 41.9. The molecule has 0 radical (unpaired) electrons. The van der Waals surface area contributed by atoms with Gasteiger partial charge in [-0.1, -0.05) is 265 Å². The second kappa shape index (κ2) is 59.8. The molecule has 512 valence electrons. The fourth-order valence-corrected chi connectivity index (χ4v) is 11.2. The van der Waals surface area contributed by atoms with Crippen LogP contribution in [0.5, 0.6) is 0 Å². The number of ether oxygens (including phenoxy) is 4. The number of phosphoric ester groups is 2. The van der Waals surface area contributed by atoms with E-state index in [0.717, 1.165) is 121 Å². The van der Waals surface area contributed by atoms with E-state index in [2.05, 4.69) is 65.8 Å². The highest BCUT2D eigenvalue weighted by atomic mass is 31.2. The molecule has 0 amide bonds. The molecule has 0 heterocycles. The Morgan fingerprint density at radius 1 is 0.379 bits per heavy atom. The molecule has 87 heavy (non-hydrogen) atoms. The van der Waals surface area contributed by atoms with Crippen molar-refractivity contribution in [3.63, 3.8) is 0 Å². The van der Waals surface area contributed by atoms with E-state index in [0.29, 0.717) is 25.7 Å². The van der Waals surface area contributed by atoms with Gasteiger partial charge >= 0.3 is 39.5 Å². The van der Waals surface area contributed by atoms with Crippen LogP contribution < -0.4 is 0 Å². The SMILES string of the molecule is CCCCCC/C=C\C=C/CCCCCCCC(=O)O[C@H](COC(=O)CCCCCCCCCCCC(C)C)COP(=O)(O)OC[C@@H](O)COP(=O)(O)OC[C@@H](COC(=O)CCCCCCCCCC)OC(=O)CCCCCCCCCCC(C)CC. The van der Waals surface area contributed by atoms with Gasteiger partial charge < -0.3 is 33.8 Å². The van der Waals surface area contributed by atoms with E-state index in [1.165, 1.54) is 116 Å². The van der Waals surface area contributed by atoms with Crippen LogP contribution in [-0.4, -0.2) is 96.7 Å². The summed E-state index contributed by atoms with van der Waals surface area (Å²) in [5, 5.41) is 10.6. The molecule has 0 saturated carbocycles. The van der Waals surface area contributed by atoms with Crippen molar-refractivity contribution in [2.45, 2.75) is 336 Å². The van der Waals surface area contributed by atoms with Crippen LogP contribution in [0.3, 0.4) is 0 Å². The number of hydrogen-bond acceptors (Lipinski definition) is 15. The van der Waals surface area contributed by atoms with Crippen LogP contribution in [0.25, 0.3) is 0 Å². The number of aliphatic hydroxyl groups excluding tert-OH is 1. The van der Waals surface area contributed by atoms with Crippen molar-refractivity contribution in [2.24, 2.45) is 11.8 Å². The zero-order chi connectivity index (χ0) is 64.3. The third-order valence-corrected chi connectivity index (χ3v) is 17.3. The minimum absolute atomic E-state index is 0.0843. The van der Waals surface area contributed by atoms with E-state index in [1.54, 1.807) is 0 Å². The maximum absolute atomic E-state index is 13.0. The fourth-order valence-electron chi connectivity index (χ4n) is 9.67. The van der Waals surface area contributed by atoms with Crippen LogP contribution in [0.15, 0.2) is 24.3 Å². The largest absolute Gasteiger partial charge is 0.472 e. The quantitative estimate of drug-likeness (QED) is 0.0169. The Hall–Kier alpha value is -2.46. The van der Waals surface area contributed by atoms with Crippen LogP contribution in [0.4, 0.5) is 0 Å². The lowest BCUT2D eigenvalue weighted by atomic mass is 9.99. The highest BCUT2D eigenvalue weighted by Gasteiger charge is 2.30. The van der Waals surface area contributed by atoms with Crippen LogP contribution in [0.1, 0.15) is 318 Å². The van der Waals surface area contributed by atoms with Gasteiger partial charge in [0, 0.05) is 25.7 Å². The molecule has 3 unspecified atom stereocenters. The number of unbranched alkanes of at least 4 members (excludes halogenated alkanes) is 31. The van der Waals surface area contributed by atoms with Gasteiger partial charge in [0.2, 0.25) is 0 Å². The first-order valence-electron chi connectivity index (χ1n) is 34.8. The van der Waals surface area contributed by atoms with Gasteiger partial charge in [-0.25, -0.2) is 9.13 Å². The second-order valence-electron chi connectivity index (χ2n) is 24.6. The highest BCUT2D eigenvalue weighted by Crippen LogP contribution is 2.45. The van der Waals surface area contributed by atoms with Crippen LogP contribution in [0, 0.1) is 11.8 Å². The molecule has 0 fully saturated rings. The number of hydrogen-bond donors (Lipinski definition) is 3. The molecule has 0 saturated heterocycles. The summed E-state index contributed by atoms with van der Waals surface area (Å²) >= 11 is 0. The molecule has 19 heteroatoms. The lowest BCUT2D eigenvalue weighted by Crippen LogP contribution is -2.30. The molecule has 0 bridgehead atoms. The van der Waals surface area contributed by atoms with Crippen molar-refractivity contribution in [3.8, 4) is 0 Å². The van der Waals surface area contributed by atoms with Gasteiger partial charge in [0.1, 0.15) is 19.3 Å². The predicted octanol–water partition coefficient (Wildman–Crippen LogP) is 18.8. The van der Waals surface area contributed by atoms with Gasteiger partial charge in [0.05, 0.1) is 26.4 Å². The maximum Gasteiger partial charge on any atom is 0.472 e. The molecule has 0 aliphatic rings. The smallest absolute Gasteiger partial charge is 0.462 e. The molecular weight excluding hydrogens is 1150 g/mol. The number of carbonyl (C=O) groups is 4. The number of esters is 4. The Bertz CT molecular complexity index is 1800. The van der Waals surface area contributed by atoms with E-state index in [1.807, 2.05) is 0 Å². The Balaban J connectivity index is 5.28. The molecule has 0 aromatic carbocycles. The molecule has 17 nitrogen and oxygen atoms in total. The van der Waals surface area contributed by atoms with E-state index >= 15 is 0 Å². The first-order valence-corrected chi connectivity index (χ1v) is 37.8. The predicted molar refractivity (Wildman–Crippen MR) is 349 cm³/mol. The highest BCUT2D eigenvalue weighted by molar-refractivity contribution is 7.47. The maximum atomic E-state index is 13.0. The van der Waals surface area contributed by atoms with Crippen LogP contribution in [0.2, 0.25) is 0 Å². The van der Waals surface area contributed by atoms with E-state index in [-0.39, 0.29) is 25.7 Å². The van der Waals surface area contributed by atoms with Gasteiger partial charge in [-0.15, -0.1) is 0 Å². The van der Waals surface area contributed by atoms with E-state index in [4.69, 9.17) is 37.0 Å². The minimum Gasteiger partial charge on any atom is -0.462 e. The van der Waals surface area contributed by atoms with Crippen LogP contribution >= 0.6 is 15.6 Å². The van der Waals surface area contributed by atoms with Gasteiger partial charge in [-0.2, -0.15) is 0 Å². The Morgan fingerprint density at radius 2 is 0.678 bits per heavy atom. The molecular formula is C68H128O17P2. The summed E-state index contributed by atoms with van der Waals surface area (Å²) in [4.78, 5) is 72.3. The van der Waals surface area contributed by atoms with Crippen molar-refractivity contribution in [2.75, 3.05) is 39.6 Å². The number of allylic oxidation sites excluding steroid dienone is 4. The van der Waals surface area contributed by atoms with E-state index < -0.39 is 97.5 Å². The monoisotopic (exact) mass is 1280 g/mol. The van der Waals surface area contributed by atoms with Gasteiger partial charge in [-0.3, -0.25) is 37.3 Å². The second-order valence-corrected chi connectivity index (χ2v) is 27.5. The normalized spacial score (nSPS) is 14.7. The van der Waals surface area contributed by atoms with Crippen molar-refractivity contribution < 1.29 is 80.2 Å². The summed E-state index contributed by atoms with van der Waals surface area (Å²) in [5.41, 5.74) is 0. The zero-order valence-corrected chi connectivity index (χ0v) is 57.6. The van der Waals surface area contributed by atoms with Crippen molar-refractivity contribution in [1.82, 2.24) is 0 Å². The summed E-state index contributed by atoms with van der Waals surface area (Å²) in [6.45, 7) is 9.41. The third kappa shape index (κ3) is 60.9.